The lowest BCUT2D eigenvalue weighted by Gasteiger charge is -2.24. The number of amides is 2. The molecule has 0 saturated carbocycles. The smallest absolute Gasteiger partial charge is 0.226 e. The van der Waals surface area contributed by atoms with E-state index in [4.69, 9.17) is 14.2 Å². The highest BCUT2D eigenvalue weighted by atomic mass is 16.6. The fraction of sp³-hybridized carbons (Fsp3) is 0.364. The van der Waals surface area contributed by atoms with Crippen molar-refractivity contribution in [3.8, 4) is 17.2 Å². The number of nitrogens with one attached hydrogen (secondary N) is 1. The molecule has 0 atom stereocenters. The Morgan fingerprint density at radius 3 is 2.55 bits per heavy atom. The maximum Gasteiger partial charge on any atom is 0.226 e. The van der Waals surface area contributed by atoms with Crippen LogP contribution in [0.15, 0.2) is 42.5 Å². The molecule has 1 N–H and O–H groups in total. The maximum atomic E-state index is 12.4. The lowest BCUT2D eigenvalue weighted by Crippen LogP contribution is -2.32. The minimum atomic E-state index is -0.199. The van der Waals surface area contributed by atoms with E-state index in [-0.39, 0.29) is 30.9 Å². The van der Waals surface area contributed by atoms with E-state index < -0.39 is 0 Å². The summed E-state index contributed by atoms with van der Waals surface area (Å²) in [6.07, 6.45) is 0.118. The third-order valence-electron chi connectivity index (χ3n) is 4.29. The number of rotatable bonds is 7. The fourth-order valence-corrected chi connectivity index (χ4v) is 3.04. The molecule has 3 rings (SSSR count). The van der Waals surface area contributed by atoms with Crippen LogP contribution < -0.4 is 24.4 Å². The Hall–Kier alpha value is -3.22. The molecule has 0 aliphatic carbocycles. The van der Waals surface area contributed by atoms with Crippen LogP contribution >= 0.6 is 0 Å². The Morgan fingerprint density at radius 1 is 1.10 bits per heavy atom. The van der Waals surface area contributed by atoms with Crippen molar-refractivity contribution in [3.63, 3.8) is 0 Å². The van der Waals surface area contributed by atoms with Crippen LogP contribution in [0, 0.1) is 0 Å². The molecule has 7 nitrogen and oxygen atoms in total. The summed E-state index contributed by atoms with van der Waals surface area (Å²) in [6, 6.07) is 12.6. The van der Waals surface area contributed by atoms with E-state index in [1.54, 1.807) is 23.1 Å². The number of anilines is 2. The standard InChI is InChI=1S/C22H26N2O5/c1-15(2)29-19-7-5-4-6-18(19)24(16(3)25)11-10-22(26)23-17-8-9-20-21(14-17)28-13-12-27-20/h4-9,14-15H,10-13H2,1-3H3,(H,23,26). The predicted octanol–water partition coefficient (Wildman–Crippen LogP) is 3.63. The molecule has 0 spiro atoms. The largest absolute Gasteiger partial charge is 0.489 e. The summed E-state index contributed by atoms with van der Waals surface area (Å²) in [4.78, 5) is 26.2. The van der Waals surface area contributed by atoms with Crippen LogP contribution in [-0.2, 0) is 9.59 Å². The molecule has 1 aliphatic rings. The van der Waals surface area contributed by atoms with Crippen LogP contribution in [0.25, 0.3) is 0 Å². The molecular weight excluding hydrogens is 372 g/mol. The lowest BCUT2D eigenvalue weighted by molar-refractivity contribution is -0.117. The Balaban J connectivity index is 1.65. The monoisotopic (exact) mass is 398 g/mol. The Kier molecular flexibility index (Phi) is 6.59. The molecule has 0 saturated heterocycles. The maximum absolute atomic E-state index is 12.4. The first-order valence-electron chi connectivity index (χ1n) is 9.67. The highest BCUT2D eigenvalue weighted by molar-refractivity contribution is 5.96. The van der Waals surface area contributed by atoms with Crippen LogP contribution in [0.2, 0.25) is 0 Å². The fourth-order valence-electron chi connectivity index (χ4n) is 3.04. The number of carbonyl (C=O) groups excluding carboxylic acids is 2. The third kappa shape index (κ3) is 5.40. The van der Waals surface area contributed by atoms with Crippen molar-refractivity contribution in [2.75, 3.05) is 30.0 Å². The van der Waals surface area contributed by atoms with Gasteiger partial charge >= 0.3 is 0 Å². The van der Waals surface area contributed by atoms with Gasteiger partial charge in [-0.2, -0.15) is 0 Å². The van der Waals surface area contributed by atoms with Crippen molar-refractivity contribution in [2.45, 2.75) is 33.3 Å². The molecule has 1 aliphatic heterocycles. The van der Waals surface area contributed by atoms with Crippen LogP contribution in [0.4, 0.5) is 11.4 Å². The van der Waals surface area contributed by atoms with Crippen LogP contribution in [-0.4, -0.2) is 37.7 Å². The summed E-state index contributed by atoms with van der Waals surface area (Å²) in [5.74, 6) is 1.54. The first-order valence-corrected chi connectivity index (χ1v) is 9.67. The number of hydrogen-bond donors (Lipinski definition) is 1. The average Bonchev–Trinajstić information content (AvgIpc) is 2.68. The van der Waals surface area contributed by atoms with Gasteiger partial charge < -0.3 is 24.4 Å². The summed E-state index contributed by atoms with van der Waals surface area (Å²) in [7, 11) is 0. The van der Waals surface area contributed by atoms with E-state index in [1.165, 1.54) is 6.92 Å². The van der Waals surface area contributed by atoms with Crippen molar-refractivity contribution in [1.29, 1.82) is 0 Å². The summed E-state index contributed by atoms with van der Waals surface area (Å²) < 4.78 is 16.8. The van der Waals surface area contributed by atoms with E-state index in [0.29, 0.717) is 41.8 Å². The van der Waals surface area contributed by atoms with E-state index in [2.05, 4.69) is 5.32 Å². The minimum Gasteiger partial charge on any atom is -0.489 e. The molecule has 2 aromatic rings. The molecule has 0 unspecified atom stereocenters. The zero-order chi connectivity index (χ0) is 20.8. The number of hydrogen-bond acceptors (Lipinski definition) is 5. The third-order valence-corrected chi connectivity index (χ3v) is 4.29. The van der Waals surface area contributed by atoms with E-state index in [0.717, 1.165) is 0 Å². The topological polar surface area (TPSA) is 77.1 Å². The second kappa shape index (κ2) is 9.32. The van der Waals surface area contributed by atoms with Gasteiger partial charge in [0.25, 0.3) is 0 Å². The van der Waals surface area contributed by atoms with Gasteiger partial charge in [-0.3, -0.25) is 9.59 Å². The zero-order valence-electron chi connectivity index (χ0n) is 16.9. The van der Waals surface area contributed by atoms with Crippen molar-refractivity contribution in [1.82, 2.24) is 0 Å². The number of benzene rings is 2. The molecule has 2 aromatic carbocycles. The predicted molar refractivity (Wildman–Crippen MR) is 111 cm³/mol. The first-order chi connectivity index (χ1) is 13.9. The number of fused-ring (bicyclic) bond motifs is 1. The minimum absolute atomic E-state index is 0.0246. The molecule has 0 radical (unpaired) electrons. The second-order valence-corrected chi connectivity index (χ2v) is 6.96. The molecular formula is C22H26N2O5. The number of ether oxygens (including phenoxy) is 3. The van der Waals surface area contributed by atoms with Gasteiger partial charge in [0.05, 0.1) is 11.8 Å². The van der Waals surface area contributed by atoms with Gasteiger partial charge in [-0.1, -0.05) is 12.1 Å². The number of carbonyl (C=O) groups is 2. The highest BCUT2D eigenvalue weighted by Gasteiger charge is 2.18. The lowest BCUT2D eigenvalue weighted by atomic mass is 10.2. The van der Waals surface area contributed by atoms with Crippen LogP contribution in [0.1, 0.15) is 27.2 Å². The molecule has 1 heterocycles. The normalized spacial score (nSPS) is 12.4. The van der Waals surface area contributed by atoms with Crippen LogP contribution in [0.5, 0.6) is 17.2 Å². The number of para-hydroxylation sites is 2. The molecule has 0 fully saturated rings. The SMILES string of the molecule is CC(=O)N(CCC(=O)Nc1ccc2c(c1)OCCO2)c1ccccc1OC(C)C. The Bertz CT molecular complexity index is 881. The molecule has 7 heteroatoms. The second-order valence-electron chi connectivity index (χ2n) is 6.96. The van der Waals surface area contributed by atoms with Gasteiger partial charge in [0.2, 0.25) is 11.8 Å². The first kappa shape index (κ1) is 20.5. The average molecular weight is 398 g/mol. The Labute approximate surface area is 170 Å². The van der Waals surface area contributed by atoms with Gasteiger partial charge in [-0.15, -0.1) is 0 Å². The zero-order valence-corrected chi connectivity index (χ0v) is 16.9. The van der Waals surface area contributed by atoms with Crippen molar-refractivity contribution >= 4 is 23.2 Å². The molecule has 2 amide bonds. The molecule has 0 aromatic heterocycles. The number of nitrogens with zero attached hydrogens (tertiary/aromatic N) is 1. The molecule has 154 valence electrons. The van der Waals surface area contributed by atoms with Crippen molar-refractivity contribution < 1.29 is 23.8 Å². The molecule has 29 heavy (non-hydrogen) atoms. The van der Waals surface area contributed by atoms with Gasteiger partial charge in [0, 0.05) is 31.6 Å². The van der Waals surface area contributed by atoms with E-state index in [1.807, 2.05) is 38.1 Å². The molecule has 0 bridgehead atoms. The van der Waals surface area contributed by atoms with Crippen LogP contribution in [0.3, 0.4) is 0 Å². The van der Waals surface area contributed by atoms with E-state index >= 15 is 0 Å². The van der Waals surface area contributed by atoms with Crippen molar-refractivity contribution in [2.24, 2.45) is 0 Å². The summed E-state index contributed by atoms with van der Waals surface area (Å²) >= 11 is 0. The highest BCUT2D eigenvalue weighted by Crippen LogP contribution is 2.33. The van der Waals surface area contributed by atoms with Crippen molar-refractivity contribution in [3.05, 3.63) is 42.5 Å². The Morgan fingerprint density at radius 2 is 1.83 bits per heavy atom. The van der Waals surface area contributed by atoms with Gasteiger partial charge in [0.15, 0.2) is 11.5 Å². The van der Waals surface area contributed by atoms with Gasteiger partial charge in [-0.05, 0) is 38.1 Å². The van der Waals surface area contributed by atoms with Gasteiger partial charge in [0.1, 0.15) is 19.0 Å². The summed E-state index contributed by atoms with van der Waals surface area (Å²) in [5, 5.41) is 2.84. The summed E-state index contributed by atoms with van der Waals surface area (Å²) in [5.41, 5.74) is 1.28. The van der Waals surface area contributed by atoms with E-state index in [9.17, 15) is 9.59 Å². The van der Waals surface area contributed by atoms with Gasteiger partial charge in [-0.25, -0.2) is 0 Å². The summed E-state index contributed by atoms with van der Waals surface area (Å²) in [6.45, 7) is 6.57. The quantitative estimate of drug-likeness (QED) is 0.771.